The van der Waals surface area contributed by atoms with Crippen LogP contribution in [0.5, 0.6) is 0 Å². The zero-order chi connectivity index (χ0) is 10.4. The van der Waals surface area contributed by atoms with Crippen molar-refractivity contribution in [3.63, 3.8) is 0 Å². The number of rotatable bonds is 0. The largest absolute Gasteiger partial charge is 0.260 e. The van der Waals surface area contributed by atoms with E-state index in [4.69, 9.17) is 0 Å². The highest BCUT2D eigenvalue weighted by Crippen LogP contribution is 2.38. The number of benzene rings is 1. The fourth-order valence-corrected chi connectivity index (χ4v) is 2.38. The Bertz CT molecular complexity index is 541. The maximum absolute atomic E-state index is 4.44. The summed E-state index contributed by atoms with van der Waals surface area (Å²) in [6.07, 6.45) is 2.87. The van der Waals surface area contributed by atoms with Gasteiger partial charge in [-0.25, -0.2) is 0 Å². The predicted molar refractivity (Wildman–Crippen MR) is 62.0 cm³/mol. The van der Waals surface area contributed by atoms with Crippen LogP contribution in [0.1, 0.15) is 22.4 Å². The van der Waals surface area contributed by atoms with Crippen LogP contribution in [-0.4, -0.2) is 4.98 Å². The molecule has 0 radical (unpaired) electrons. The van der Waals surface area contributed by atoms with Crippen LogP contribution in [0.2, 0.25) is 0 Å². The molecular formula is C14H13N. The molecule has 0 saturated carbocycles. The summed E-state index contributed by atoms with van der Waals surface area (Å²) in [7, 11) is 0. The molecule has 1 aliphatic carbocycles. The van der Waals surface area contributed by atoms with Crippen molar-refractivity contribution in [1.29, 1.82) is 0 Å². The normalized spacial score (nSPS) is 12.4. The Morgan fingerprint density at radius 1 is 1.13 bits per heavy atom. The summed E-state index contributed by atoms with van der Waals surface area (Å²) >= 11 is 0. The van der Waals surface area contributed by atoms with E-state index in [-0.39, 0.29) is 0 Å². The van der Waals surface area contributed by atoms with E-state index >= 15 is 0 Å². The van der Waals surface area contributed by atoms with Crippen molar-refractivity contribution >= 4 is 0 Å². The van der Waals surface area contributed by atoms with Crippen molar-refractivity contribution in [2.75, 3.05) is 0 Å². The van der Waals surface area contributed by atoms with Crippen LogP contribution in [-0.2, 0) is 6.42 Å². The van der Waals surface area contributed by atoms with Gasteiger partial charge >= 0.3 is 0 Å². The third kappa shape index (κ3) is 1.13. The van der Waals surface area contributed by atoms with Gasteiger partial charge in [0.1, 0.15) is 0 Å². The first kappa shape index (κ1) is 8.66. The second-order valence-electron chi connectivity index (χ2n) is 4.22. The summed E-state index contributed by atoms with van der Waals surface area (Å²) in [6, 6.07) is 8.65. The van der Waals surface area contributed by atoms with Crippen LogP contribution in [0, 0.1) is 13.8 Å². The maximum atomic E-state index is 4.44. The fraction of sp³-hybridized carbons (Fsp3) is 0.214. The number of hydrogen-bond donors (Lipinski definition) is 0. The lowest BCUT2D eigenvalue weighted by Crippen LogP contribution is -1.87. The van der Waals surface area contributed by atoms with Crippen LogP contribution in [0.25, 0.3) is 11.1 Å². The minimum Gasteiger partial charge on any atom is -0.260 e. The minimum atomic E-state index is 0.993. The van der Waals surface area contributed by atoms with E-state index in [1.54, 1.807) is 0 Å². The Morgan fingerprint density at radius 2 is 2.00 bits per heavy atom. The van der Waals surface area contributed by atoms with E-state index < -0.39 is 0 Å². The lowest BCUT2D eigenvalue weighted by molar-refractivity contribution is 1.12. The lowest BCUT2D eigenvalue weighted by Gasteiger charge is -2.07. The molecule has 0 fully saturated rings. The molecule has 15 heavy (non-hydrogen) atoms. The Labute approximate surface area is 89.8 Å². The second-order valence-corrected chi connectivity index (χ2v) is 4.22. The number of aryl methyl sites for hydroxylation is 1. The highest BCUT2D eigenvalue weighted by molar-refractivity contribution is 5.78. The van der Waals surface area contributed by atoms with Crippen LogP contribution < -0.4 is 0 Å². The third-order valence-electron chi connectivity index (χ3n) is 3.34. The average Bonchev–Trinajstić information content (AvgIpc) is 2.62. The van der Waals surface area contributed by atoms with Crippen molar-refractivity contribution in [3.8, 4) is 11.1 Å². The number of nitrogens with zero attached hydrogens (tertiary/aromatic N) is 1. The zero-order valence-corrected chi connectivity index (χ0v) is 9.04. The number of hydrogen-bond acceptors (Lipinski definition) is 1. The molecule has 0 aliphatic heterocycles. The molecule has 1 heteroatoms. The Kier molecular flexibility index (Phi) is 1.69. The van der Waals surface area contributed by atoms with Crippen molar-refractivity contribution in [2.45, 2.75) is 20.3 Å². The van der Waals surface area contributed by atoms with E-state index in [2.05, 4.69) is 37.0 Å². The van der Waals surface area contributed by atoms with Gasteiger partial charge in [0.05, 0.1) is 5.69 Å². The van der Waals surface area contributed by atoms with Crippen LogP contribution in [0.3, 0.4) is 0 Å². The van der Waals surface area contributed by atoms with E-state index in [1.165, 1.54) is 33.5 Å². The first-order valence-electron chi connectivity index (χ1n) is 5.30. The first-order valence-corrected chi connectivity index (χ1v) is 5.30. The van der Waals surface area contributed by atoms with Gasteiger partial charge in [0.15, 0.2) is 0 Å². The maximum Gasteiger partial charge on any atom is 0.0526 e. The number of pyridine rings is 1. The molecule has 0 unspecified atom stereocenters. The molecule has 0 bridgehead atoms. The second kappa shape index (κ2) is 2.93. The summed E-state index contributed by atoms with van der Waals surface area (Å²) in [5.41, 5.74) is 8.16. The molecule has 1 aliphatic rings. The van der Waals surface area contributed by atoms with E-state index in [0.29, 0.717) is 0 Å². The van der Waals surface area contributed by atoms with Crippen molar-refractivity contribution < 1.29 is 0 Å². The Hall–Kier alpha value is -1.63. The Balaban J connectivity index is 2.36. The molecule has 2 aromatic rings. The molecule has 0 atom stereocenters. The van der Waals surface area contributed by atoms with Crippen molar-refractivity contribution in [2.24, 2.45) is 0 Å². The molecule has 0 saturated heterocycles. The molecule has 1 aromatic heterocycles. The summed E-state index contributed by atoms with van der Waals surface area (Å²) in [5, 5.41) is 0. The molecule has 0 spiro atoms. The standard InChI is InChI=1S/C14H13N/c1-9-5-6-11-8-13-12(4-3-7-15-13)14(11)10(9)2/h3-7H,8H2,1-2H3. The van der Waals surface area contributed by atoms with Gasteiger partial charge in [-0.2, -0.15) is 0 Å². The summed E-state index contributed by atoms with van der Waals surface area (Å²) < 4.78 is 0. The fourth-order valence-electron chi connectivity index (χ4n) is 2.38. The van der Waals surface area contributed by atoms with Gasteiger partial charge in [0.25, 0.3) is 0 Å². The topological polar surface area (TPSA) is 12.9 Å². The Morgan fingerprint density at radius 3 is 2.87 bits per heavy atom. The van der Waals surface area contributed by atoms with Gasteiger partial charge in [0, 0.05) is 18.2 Å². The van der Waals surface area contributed by atoms with E-state index in [1.807, 2.05) is 12.3 Å². The molecule has 0 N–H and O–H groups in total. The van der Waals surface area contributed by atoms with Crippen LogP contribution in [0.15, 0.2) is 30.5 Å². The van der Waals surface area contributed by atoms with Gasteiger partial charge in [-0.15, -0.1) is 0 Å². The quantitative estimate of drug-likeness (QED) is 0.536. The SMILES string of the molecule is Cc1ccc2c(c1C)-c1cccnc1C2. The molecule has 74 valence electrons. The van der Waals surface area contributed by atoms with Crippen molar-refractivity contribution in [1.82, 2.24) is 4.98 Å². The summed E-state index contributed by atoms with van der Waals surface area (Å²) in [5.74, 6) is 0. The smallest absolute Gasteiger partial charge is 0.0526 e. The monoisotopic (exact) mass is 195 g/mol. The van der Waals surface area contributed by atoms with Gasteiger partial charge in [-0.1, -0.05) is 18.2 Å². The summed E-state index contributed by atoms with van der Waals surface area (Å²) in [6.45, 7) is 4.38. The third-order valence-corrected chi connectivity index (χ3v) is 3.34. The number of fused-ring (bicyclic) bond motifs is 3. The number of aromatic nitrogens is 1. The molecule has 1 heterocycles. The van der Waals surface area contributed by atoms with Gasteiger partial charge in [0.2, 0.25) is 0 Å². The van der Waals surface area contributed by atoms with Crippen molar-refractivity contribution in [3.05, 3.63) is 52.8 Å². The first-order chi connectivity index (χ1) is 7.27. The summed E-state index contributed by atoms with van der Waals surface area (Å²) in [4.78, 5) is 4.44. The van der Waals surface area contributed by atoms with Gasteiger partial charge in [-0.3, -0.25) is 4.98 Å². The van der Waals surface area contributed by atoms with Gasteiger partial charge in [-0.05, 0) is 42.2 Å². The van der Waals surface area contributed by atoms with E-state index in [0.717, 1.165) is 6.42 Å². The molecule has 3 rings (SSSR count). The van der Waals surface area contributed by atoms with Gasteiger partial charge < -0.3 is 0 Å². The lowest BCUT2D eigenvalue weighted by atomic mass is 9.97. The highest BCUT2D eigenvalue weighted by atomic mass is 14.7. The predicted octanol–water partition coefficient (Wildman–Crippen LogP) is 3.27. The van der Waals surface area contributed by atoms with Crippen LogP contribution >= 0.6 is 0 Å². The molecular weight excluding hydrogens is 182 g/mol. The minimum absolute atomic E-state index is 0.993. The average molecular weight is 195 g/mol. The van der Waals surface area contributed by atoms with Crippen LogP contribution in [0.4, 0.5) is 0 Å². The molecule has 1 nitrogen and oxygen atoms in total. The highest BCUT2D eigenvalue weighted by Gasteiger charge is 2.21. The molecule has 0 amide bonds. The zero-order valence-electron chi connectivity index (χ0n) is 9.04. The van der Waals surface area contributed by atoms with E-state index in [9.17, 15) is 0 Å². The molecule has 1 aromatic carbocycles.